The van der Waals surface area contributed by atoms with Crippen LogP contribution in [0, 0.1) is 0 Å². The number of rotatable bonds is 33. The second-order valence-corrected chi connectivity index (χ2v) is 33.2. The van der Waals surface area contributed by atoms with Crippen LogP contribution in [-0.4, -0.2) is 166 Å². The van der Waals surface area contributed by atoms with Gasteiger partial charge in [-0.3, -0.25) is 0 Å². The smallest absolute Gasteiger partial charge is 0.268 e. The van der Waals surface area contributed by atoms with Crippen molar-refractivity contribution in [1.82, 2.24) is 48.6 Å². The summed E-state index contributed by atoms with van der Waals surface area (Å²) in [6, 6.07) is 51.3. The number of anilines is 3. The molecule has 0 bridgehead atoms. The van der Waals surface area contributed by atoms with Crippen LogP contribution in [0.3, 0.4) is 0 Å². The number of halogens is 2. The number of hydrogen-bond acceptors (Lipinski definition) is 21. The fourth-order valence-corrected chi connectivity index (χ4v) is 17.8. The van der Waals surface area contributed by atoms with Crippen LogP contribution in [0.1, 0.15) is 108 Å². The van der Waals surface area contributed by atoms with E-state index in [9.17, 15) is 25.3 Å². The van der Waals surface area contributed by atoms with Crippen LogP contribution in [0.5, 0.6) is 0 Å². The average molecular weight is 1640 g/mol. The van der Waals surface area contributed by atoms with Crippen LogP contribution in [0.15, 0.2) is 218 Å². The van der Waals surface area contributed by atoms with Crippen molar-refractivity contribution < 1.29 is 34.7 Å². The predicted molar refractivity (Wildman–Crippen MR) is 462 cm³/mol. The highest BCUT2D eigenvalue weighted by Gasteiger charge is 2.29. The first kappa shape index (κ1) is 88.4. The molecule has 27 heteroatoms. The number of nitrogens with zero attached hydrogens (tertiary/aromatic N) is 10. The lowest BCUT2D eigenvalue weighted by Gasteiger charge is -2.19. The van der Waals surface area contributed by atoms with Gasteiger partial charge in [0.25, 0.3) is 10.0 Å². The van der Waals surface area contributed by atoms with E-state index in [0.29, 0.717) is 109 Å². The summed E-state index contributed by atoms with van der Waals surface area (Å²) in [5.74, 6) is 2.29. The Labute approximate surface area is 675 Å². The zero-order valence-corrected chi connectivity index (χ0v) is 67.0. The lowest BCUT2D eigenvalue weighted by atomic mass is 10.2. The first-order chi connectivity index (χ1) is 52.9. The summed E-state index contributed by atoms with van der Waals surface area (Å²) < 4.78 is 94.0. The minimum Gasteiger partial charge on any atom is -0.494 e. The molecule has 0 atom stereocenters. The van der Waals surface area contributed by atoms with Gasteiger partial charge in [-0.25, -0.2) is 59.1 Å². The van der Waals surface area contributed by atoms with E-state index in [1.54, 1.807) is 157 Å². The number of para-hydroxylation sites is 1. The largest absolute Gasteiger partial charge is 0.494 e. The fraction of sp³-hybridized carbons (Fsp3) is 0.341. The summed E-state index contributed by atoms with van der Waals surface area (Å²) in [5.41, 5.74) is 6.03. The fourth-order valence-electron chi connectivity index (χ4n) is 12.6. The molecule has 12 aromatic rings. The maximum atomic E-state index is 14.2. The van der Waals surface area contributed by atoms with E-state index < -0.39 is 29.7 Å². The summed E-state index contributed by atoms with van der Waals surface area (Å²) in [7, 11) is -11.5. The Morgan fingerprint density at radius 2 is 0.830 bits per heavy atom. The SMILES string of the molecule is C.C.C.CCN(CC)CCCCNc1nc2cc(Cl)c(Cl)cc2nc1C1=COCCO1.CCN(CC)CCCCNc1nc2cc(S(=O)(=O)c3ccccc3)ccc2nc1-c1cc2ccccc2n1S(=O)(=O)c1ccccc1.CCN(CC)CCCCNc1nc2cc(S(=O)(=O)c3ccccc3)ccc2nc1-c1cccs1. The van der Waals surface area contributed by atoms with Crippen LogP contribution < -0.4 is 16.0 Å². The van der Waals surface area contributed by atoms with Crippen LogP contribution in [0.2, 0.25) is 10.0 Å². The Hall–Kier alpha value is -9.15. The van der Waals surface area contributed by atoms with Gasteiger partial charge in [-0.1, -0.05) is 166 Å². The number of nitrogens with one attached hydrogen (secondary N) is 3. The number of aromatic nitrogens is 7. The van der Waals surface area contributed by atoms with Gasteiger partial charge in [0.05, 0.1) is 83.7 Å². The highest BCUT2D eigenvalue weighted by molar-refractivity contribution is 7.92. The van der Waals surface area contributed by atoms with Gasteiger partial charge >= 0.3 is 0 Å². The molecule has 0 radical (unpaired) electrons. The number of hydrogen-bond donors (Lipinski definition) is 3. The zero-order chi connectivity index (χ0) is 76.9. The zero-order valence-electron chi connectivity index (χ0n) is 62.2. The van der Waals surface area contributed by atoms with E-state index in [-0.39, 0.29) is 46.8 Å². The molecule has 0 unspecified atom stereocenters. The second kappa shape index (κ2) is 42.1. The number of fused-ring (bicyclic) bond motifs is 4. The normalized spacial score (nSPS) is 12.2. The van der Waals surface area contributed by atoms with E-state index >= 15 is 0 Å². The molecule has 0 saturated carbocycles. The molecule has 0 saturated heterocycles. The monoisotopic (exact) mass is 1630 g/mol. The minimum absolute atomic E-state index is 0. The Kier molecular flexibility index (Phi) is 33.2. The van der Waals surface area contributed by atoms with Gasteiger partial charge in [0.1, 0.15) is 30.9 Å². The van der Waals surface area contributed by atoms with Crippen molar-refractivity contribution in [1.29, 1.82) is 0 Å². The average Bonchev–Trinajstić information content (AvgIpc) is 1.55. The third kappa shape index (κ3) is 21.8. The second-order valence-electron chi connectivity index (χ2n) is 25.8. The molecular weight excluding hydrogens is 1530 g/mol. The van der Waals surface area contributed by atoms with Crippen LogP contribution in [0.25, 0.3) is 71.7 Å². The van der Waals surface area contributed by atoms with Crippen molar-refractivity contribution in [2.24, 2.45) is 0 Å². The number of benzene rings is 7. The third-order valence-electron chi connectivity index (χ3n) is 18.8. The number of thiophene rings is 1. The van der Waals surface area contributed by atoms with Crippen molar-refractivity contribution in [3.05, 3.63) is 209 Å². The standard InChI is InChI=1S/C36H37N5O4S2.C26H30N4O2S2.C20H26Cl2N4O2.3CH4/c1-3-40(4-2)24-14-13-23-37-36-35(38-31-22-21-30(26-32(31)39-36)46(42,43)28-16-7-5-8-17-28)34-25-27-15-11-12-20-33(27)41(34)47(44,45)29-18-9-6-10-19-29;1-3-30(4-2)17-9-8-16-27-26-25(24-13-10-18-33-24)28-22-15-14-21(19-23(22)29-26)34(31,32)20-11-6-5-7-12-20;1-3-26(4-2)8-6-5-7-23-20-19(18-13-27-9-10-28-18)24-16-11-14(21)15(22)12-17(16)25-20;;;/h5-12,15-22,25-26H,3-4,13-14,23-24H2,1-2H3,(H,37,39);5-7,10-15,18-19H,3-4,8-9,16-17H2,1-2H3,(H,27,29);11-13H,3-10H2,1-2H3,(H,23,25);3*1H4. The molecule has 1 aliphatic heterocycles. The number of ether oxygens (including phenoxy) is 2. The predicted octanol–water partition coefficient (Wildman–Crippen LogP) is 19.3. The highest BCUT2D eigenvalue weighted by atomic mass is 35.5. The summed E-state index contributed by atoms with van der Waals surface area (Å²) in [4.78, 5) is 38.1. The topological polar surface area (TPSA) is 249 Å². The van der Waals surface area contributed by atoms with Crippen LogP contribution in [-0.2, 0) is 39.2 Å². The van der Waals surface area contributed by atoms with Gasteiger partial charge < -0.3 is 40.1 Å². The van der Waals surface area contributed by atoms with Crippen molar-refractivity contribution in [2.45, 2.75) is 127 Å². The Morgan fingerprint density at radius 1 is 0.420 bits per heavy atom. The van der Waals surface area contributed by atoms with Gasteiger partial charge in [0.15, 0.2) is 28.9 Å². The van der Waals surface area contributed by atoms with Crippen molar-refractivity contribution >= 4 is 131 Å². The van der Waals surface area contributed by atoms with Crippen molar-refractivity contribution in [3.8, 4) is 22.0 Å². The van der Waals surface area contributed by atoms with Gasteiger partial charge in [0.2, 0.25) is 19.7 Å². The Balaban J connectivity index is 0.000000216. The summed E-state index contributed by atoms with van der Waals surface area (Å²) in [5, 5.41) is 13.9. The molecule has 0 spiro atoms. The van der Waals surface area contributed by atoms with Gasteiger partial charge in [0, 0.05) is 25.0 Å². The van der Waals surface area contributed by atoms with Crippen LogP contribution in [0.4, 0.5) is 17.5 Å². The molecule has 6 heterocycles. The lowest BCUT2D eigenvalue weighted by Crippen LogP contribution is -2.24. The van der Waals surface area contributed by atoms with Crippen LogP contribution >= 0.6 is 34.5 Å². The highest BCUT2D eigenvalue weighted by Crippen LogP contribution is 2.38. The van der Waals surface area contributed by atoms with E-state index in [1.807, 2.05) is 35.7 Å². The van der Waals surface area contributed by atoms with E-state index in [0.717, 1.165) is 126 Å². The van der Waals surface area contributed by atoms with Crippen molar-refractivity contribution in [3.63, 3.8) is 0 Å². The summed E-state index contributed by atoms with van der Waals surface area (Å²) in [6.45, 7) is 25.6. The molecule has 21 nitrogen and oxygen atoms in total. The van der Waals surface area contributed by atoms with E-state index in [1.165, 1.54) is 16.1 Å². The maximum absolute atomic E-state index is 14.2. The number of sulfone groups is 2. The molecule has 0 amide bonds. The molecule has 0 fully saturated rings. The first-order valence-corrected chi connectivity index (χ1v) is 43.1. The van der Waals surface area contributed by atoms with Gasteiger partial charge in [-0.15, -0.1) is 11.3 Å². The molecule has 112 heavy (non-hydrogen) atoms. The maximum Gasteiger partial charge on any atom is 0.268 e. The molecule has 1 aliphatic rings. The molecular formula is C85H105Cl2N13O8S4. The van der Waals surface area contributed by atoms with Crippen molar-refractivity contribution in [2.75, 3.05) is 108 Å². The van der Waals surface area contributed by atoms with Gasteiger partial charge in [-0.05, 0) is 206 Å². The molecule has 3 N–H and O–H groups in total. The summed E-state index contributed by atoms with van der Waals surface area (Å²) in [6.07, 6.45) is 7.67. The summed E-state index contributed by atoms with van der Waals surface area (Å²) >= 11 is 13.9. The molecule has 0 aliphatic carbocycles. The first-order valence-electron chi connectivity index (χ1n) is 37.1. The minimum atomic E-state index is -4.04. The third-order valence-corrected chi connectivity index (χ3v) is 25.7. The lowest BCUT2D eigenvalue weighted by molar-refractivity contribution is 0.125. The van der Waals surface area contributed by atoms with E-state index in [4.69, 9.17) is 62.6 Å². The number of unbranched alkanes of at least 4 members (excludes halogenated alkanes) is 3. The van der Waals surface area contributed by atoms with E-state index in [2.05, 4.69) is 72.2 Å². The Morgan fingerprint density at radius 3 is 1.28 bits per heavy atom. The molecule has 13 rings (SSSR count). The molecule has 7 aromatic carbocycles. The molecule has 596 valence electrons. The Bertz CT molecular complexity index is 5410. The molecule has 5 aromatic heterocycles. The van der Waals surface area contributed by atoms with Gasteiger partial charge in [-0.2, -0.15) is 0 Å². The quantitative estimate of drug-likeness (QED) is 0.0323.